The third-order valence-corrected chi connectivity index (χ3v) is 4.88. The molecule has 28 heavy (non-hydrogen) atoms. The van der Waals surface area contributed by atoms with Gasteiger partial charge in [-0.25, -0.2) is 4.79 Å². The Balaban J connectivity index is 1.65. The number of unbranched alkanes of at least 4 members (excludes halogenated alkanes) is 7. The molecule has 5 nitrogen and oxygen atoms in total. The molecule has 1 aromatic rings. The van der Waals surface area contributed by atoms with E-state index < -0.39 is 6.10 Å². The Bertz CT molecular complexity index is 597. The summed E-state index contributed by atoms with van der Waals surface area (Å²) in [6.07, 6.45) is 10.6. The number of carbonyl (C=O) groups excluding carboxylic acids is 1. The van der Waals surface area contributed by atoms with Crippen molar-refractivity contribution in [2.24, 2.45) is 5.16 Å². The standard InChI is InChI=1S/C23H35NO4/c1-3-5-7-8-9-10-11-17-26-20-14-12-19(13-15-20)21-18-22(28-24-21)23(25)27-16-6-4-2/h12-15,22H,3-11,16-18H2,1-2H3. The second-order valence-electron chi connectivity index (χ2n) is 7.35. The molecular formula is C23H35NO4. The van der Waals surface area contributed by atoms with Crippen LogP contribution in [0.4, 0.5) is 0 Å². The van der Waals surface area contributed by atoms with Crippen LogP contribution in [0.25, 0.3) is 0 Å². The molecule has 0 spiro atoms. The second kappa shape index (κ2) is 13.2. The quantitative estimate of drug-likeness (QED) is 0.305. The minimum absolute atomic E-state index is 0.332. The van der Waals surface area contributed by atoms with E-state index in [0.717, 1.165) is 42.9 Å². The molecule has 0 saturated carbocycles. The molecule has 0 radical (unpaired) electrons. The van der Waals surface area contributed by atoms with E-state index in [2.05, 4.69) is 19.0 Å². The highest BCUT2D eigenvalue weighted by Gasteiger charge is 2.30. The van der Waals surface area contributed by atoms with Crippen molar-refractivity contribution in [3.05, 3.63) is 29.8 Å². The van der Waals surface area contributed by atoms with Crippen LogP contribution in [0.5, 0.6) is 5.75 Å². The van der Waals surface area contributed by atoms with E-state index in [9.17, 15) is 4.79 Å². The van der Waals surface area contributed by atoms with Crippen molar-refractivity contribution in [3.63, 3.8) is 0 Å². The van der Waals surface area contributed by atoms with Crippen LogP contribution in [0.3, 0.4) is 0 Å². The molecule has 0 N–H and O–H groups in total. The molecule has 0 amide bonds. The fourth-order valence-corrected chi connectivity index (χ4v) is 3.08. The maximum Gasteiger partial charge on any atom is 0.350 e. The SMILES string of the molecule is CCCCCCCCCOc1ccc(C2=NOC(C(=O)OCCCC)C2)cc1. The van der Waals surface area contributed by atoms with E-state index >= 15 is 0 Å². The van der Waals surface area contributed by atoms with Crippen LogP contribution in [-0.2, 0) is 14.4 Å². The molecule has 0 bridgehead atoms. The maximum atomic E-state index is 12.0. The van der Waals surface area contributed by atoms with Gasteiger partial charge in [0.2, 0.25) is 6.10 Å². The Kier molecular flexibility index (Phi) is 10.5. The van der Waals surface area contributed by atoms with Gasteiger partial charge in [0.15, 0.2) is 0 Å². The largest absolute Gasteiger partial charge is 0.494 e. The van der Waals surface area contributed by atoms with Gasteiger partial charge in [-0.3, -0.25) is 0 Å². The van der Waals surface area contributed by atoms with Crippen molar-refractivity contribution in [1.82, 2.24) is 0 Å². The van der Waals surface area contributed by atoms with Crippen LogP contribution in [0.1, 0.15) is 83.6 Å². The number of ether oxygens (including phenoxy) is 2. The summed E-state index contributed by atoms with van der Waals surface area (Å²) in [4.78, 5) is 17.2. The first kappa shape index (κ1) is 22.3. The first-order chi connectivity index (χ1) is 13.7. The molecule has 1 aliphatic heterocycles. The Morgan fingerprint density at radius 3 is 2.36 bits per heavy atom. The molecule has 156 valence electrons. The molecule has 1 heterocycles. The van der Waals surface area contributed by atoms with Crippen LogP contribution in [0, 0.1) is 0 Å². The smallest absolute Gasteiger partial charge is 0.350 e. The number of benzene rings is 1. The number of esters is 1. The lowest BCUT2D eigenvalue weighted by Gasteiger charge is -2.08. The predicted molar refractivity (Wildman–Crippen MR) is 112 cm³/mol. The molecule has 1 unspecified atom stereocenters. The Labute approximate surface area is 169 Å². The molecule has 5 heteroatoms. The molecular weight excluding hydrogens is 354 g/mol. The van der Waals surface area contributed by atoms with Crippen LogP contribution >= 0.6 is 0 Å². The summed E-state index contributed by atoms with van der Waals surface area (Å²) in [7, 11) is 0. The summed E-state index contributed by atoms with van der Waals surface area (Å²) >= 11 is 0. The first-order valence-electron chi connectivity index (χ1n) is 10.9. The summed E-state index contributed by atoms with van der Waals surface area (Å²) in [6.45, 7) is 5.49. The zero-order valence-corrected chi connectivity index (χ0v) is 17.5. The van der Waals surface area contributed by atoms with Gasteiger partial charge in [-0.1, -0.05) is 63.9 Å². The summed E-state index contributed by atoms with van der Waals surface area (Å²) in [6, 6.07) is 7.83. The average Bonchev–Trinajstić information content (AvgIpc) is 3.21. The summed E-state index contributed by atoms with van der Waals surface area (Å²) in [5.41, 5.74) is 1.73. The van der Waals surface area contributed by atoms with Gasteiger partial charge in [0.1, 0.15) is 5.75 Å². The monoisotopic (exact) mass is 389 g/mol. The third kappa shape index (κ3) is 7.91. The maximum absolute atomic E-state index is 12.0. The summed E-state index contributed by atoms with van der Waals surface area (Å²) in [5, 5.41) is 4.06. The number of hydrogen-bond acceptors (Lipinski definition) is 5. The van der Waals surface area contributed by atoms with E-state index in [1.807, 2.05) is 24.3 Å². The van der Waals surface area contributed by atoms with Gasteiger partial charge in [0.25, 0.3) is 0 Å². The summed E-state index contributed by atoms with van der Waals surface area (Å²) < 4.78 is 11.0. The van der Waals surface area contributed by atoms with Gasteiger partial charge in [-0.15, -0.1) is 0 Å². The van der Waals surface area contributed by atoms with Crippen molar-refractivity contribution >= 4 is 11.7 Å². The number of oxime groups is 1. The second-order valence-corrected chi connectivity index (χ2v) is 7.35. The third-order valence-electron chi connectivity index (χ3n) is 4.88. The predicted octanol–water partition coefficient (Wildman–Crippen LogP) is 5.65. The molecule has 2 rings (SSSR count). The fourth-order valence-electron chi connectivity index (χ4n) is 3.08. The Morgan fingerprint density at radius 1 is 0.964 bits per heavy atom. The van der Waals surface area contributed by atoms with E-state index in [1.165, 1.54) is 38.5 Å². The van der Waals surface area contributed by atoms with Crippen LogP contribution in [-0.4, -0.2) is 31.0 Å². The van der Waals surface area contributed by atoms with Crippen LogP contribution < -0.4 is 4.74 Å². The molecule has 0 aliphatic carbocycles. The minimum Gasteiger partial charge on any atom is -0.494 e. The van der Waals surface area contributed by atoms with Crippen molar-refractivity contribution in [2.45, 2.75) is 84.2 Å². The number of rotatable bonds is 14. The average molecular weight is 390 g/mol. The van der Waals surface area contributed by atoms with Crippen molar-refractivity contribution in [1.29, 1.82) is 0 Å². The van der Waals surface area contributed by atoms with Gasteiger partial charge < -0.3 is 14.3 Å². The first-order valence-corrected chi connectivity index (χ1v) is 10.9. The topological polar surface area (TPSA) is 57.1 Å². The van der Waals surface area contributed by atoms with Crippen LogP contribution in [0.2, 0.25) is 0 Å². The lowest BCUT2D eigenvalue weighted by atomic mass is 10.1. The number of nitrogens with zero attached hydrogens (tertiary/aromatic N) is 1. The van der Waals surface area contributed by atoms with E-state index in [4.69, 9.17) is 14.3 Å². The van der Waals surface area contributed by atoms with Crippen molar-refractivity contribution in [2.75, 3.05) is 13.2 Å². The fraction of sp³-hybridized carbons (Fsp3) is 0.652. The molecule has 1 aromatic carbocycles. The summed E-state index contributed by atoms with van der Waals surface area (Å²) in [5.74, 6) is 0.534. The molecule has 1 aliphatic rings. The van der Waals surface area contributed by atoms with Gasteiger partial charge in [0, 0.05) is 6.42 Å². The zero-order valence-electron chi connectivity index (χ0n) is 17.5. The highest BCUT2D eigenvalue weighted by molar-refractivity contribution is 6.03. The number of hydrogen-bond donors (Lipinski definition) is 0. The van der Waals surface area contributed by atoms with Gasteiger partial charge in [0.05, 0.1) is 18.9 Å². The van der Waals surface area contributed by atoms with Crippen LogP contribution in [0.15, 0.2) is 29.4 Å². The van der Waals surface area contributed by atoms with E-state index in [-0.39, 0.29) is 5.97 Å². The van der Waals surface area contributed by atoms with E-state index in [0.29, 0.717) is 13.0 Å². The van der Waals surface area contributed by atoms with Crippen molar-refractivity contribution < 1.29 is 19.1 Å². The van der Waals surface area contributed by atoms with Gasteiger partial charge in [-0.05, 0) is 42.7 Å². The molecule has 0 aromatic heterocycles. The lowest BCUT2D eigenvalue weighted by Crippen LogP contribution is -2.24. The normalized spacial score (nSPS) is 15.8. The molecule has 0 fully saturated rings. The highest BCUT2D eigenvalue weighted by atomic mass is 16.7. The number of carbonyl (C=O) groups is 1. The highest BCUT2D eigenvalue weighted by Crippen LogP contribution is 2.20. The Hall–Kier alpha value is -2.04. The van der Waals surface area contributed by atoms with Crippen molar-refractivity contribution in [3.8, 4) is 5.75 Å². The zero-order chi connectivity index (χ0) is 20.0. The van der Waals surface area contributed by atoms with Gasteiger partial charge in [-0.2, -0.15) is 0 Å². The molecule has 0 saturated heterocycles. The Morgan fingerprint density at radius 2 is 1.64 bits per heavy atom. The van der Waals surface area contributed by atoms with E-state index in [1.54, 1.807) is 0 Å². The lowest BCUT2D eigenvalue weighted by molar-refractivity contribution is -0.155. The molecule has 1 atom stereocenters. The minimum atomic E-state index is -0.625. The van der Waals surface area contributed by atoms with Gasteiger partial charge >= 0.3 is 5.97 Å².